The first-order chi connectivity index (χ1) is 26.3. The molecule has 5 nitrogen and oxygen atoms in total. The highest BCUT2D eigenvalue weighted by atomic mass is 28.4. The fourth-order valence-electron chi connectivity index (χ4n) is 8.95. The summed E-state index contributed by atoms with van der Waals surface area (Å²) in [7, 11) is -3.31. The molecule has 1 fully saturated rings. The van der Waals surface area contributed by atoms with Gasteiger partial charge in [0.1, 0.15) is 11.6 Å². The Morgan fingerprint density at radius 1 is 0.891 bits per heavy atom. The van der Waals surface area contributed by atoms with E-state index in [-0.39, 0.29) is 24.0 Å². The maximum absolute atomic E-state index is 16.8. The van der Waals surface area contributed by atoms with Crippen LogP contribution in [0.15, 0.2) is 97.1 Å². The van der Waals surface area contributed by atoms with E-state index in [4.69, 9.17) is 4.43 Å². The van der Waals surface area contributed by atoms with Gasteiger partial charge in [0.25, 0.3) is 14.2 Å². The van der Waals surface area contributed by atoms with Gasteiger partial charge in [-0.3, -0.25) is 9.29 Å². The number of hydrogen-bond donors (Lipinski definition) is 2. The smallest absolute Gasteiger partial charge is 0.282 e. The molecule has 2 aliphatic heterocycles. The fourth-order valence-corrected chi connectivity index (χ4v) is 13.5. The van der Waals surface area contributed by atoms with Gasteiger partial charge in [-0.05, 0) is 65.4 Å². The Balaban J connectivity index is 1.23. The Bertz CT molecular complexity index is 2010. The van der Waals surface area contributed by atoms with Crippen LogP contribution in [0.2, 0.25) is 5.04 Å². The lowest BCUT2D eigenvalue weighted by Crippen LogP contribution is -2.67. The van der Waals surface area contributed by atoms with Crippen molar-refractivity contribution >= 4 is 35.3 Å². The molecule has 1 aromatic heterocycles. The highest BCUT2D eigenvalue weighted by molar-refractivity contribution is 6.99. The molecule has 2 N–H and O–H groups in total. The highest BCUT2D eigenvalue weighted by Crippen LogP contribution is 2.45. The van der Waals surface area contributed by atoms with Crippen molar-refractivity contribution in [2.45, 2.75) is 76.0 Å². The molecular weight excluding hydrogens is 724 g/mol. The zero-order valence-corrected chi connectivity index (χ0v) is 33.0. The summed E-state index contributed by atoms with van der Waals surface area (Å²) in [4.78, 5) is 7.05. The molecule has 7 rings (SSSR count). The molecule has 5 aromatic rings. The van der Waals surface area contributed by atoms with Gasteiger partial charge in [-0.1, -0.05) is 99.6 Å². The molecule has 0 amide bonds. The number of nitrogens with zero attached hydrogens (tertiary/aromatic N) is 2. The lowest BCUT2D eigenvalue weighted by atomic mass is 9.87. The number of halogens is 5. The number of anilines is 1. The van der Waals surface area contributed by atoms with Crippen LogP contribution in [0.5, 0.6) is 0 Å². The molecule has 4 aromatic carbocycles. The third-order valence-electron chi connectivity index (χ3n) is 11.5. The monoisotopic (exact) mass is 774 g/mol. The molecule has 0 radical (unpaired) electrons. The zero-order chi connectivity index (χ0) is 39.0. The molecule has 0 unspecified atom stereocenters. The molecule has 0 saturated carbocycles. The average molecular weight is 775 g/mol. The van der Waals surface area contributed by atoms with Crippen LogP contribution in [0.3, 0.4) is 0 Å². The lowest BCUT2D eigenvalue weighted by molar-refractivity contribution is -0.0825. The van der Waals surface area contributed by atoms with Crippen molar-refractivity contribution in [2.24, 2.45) is 0 Å². The maximum atomic E-state index is 16.8. The van der Waals surface area contributed by atoms with Crippen LogP contribution in [0, 0.1) is 11.6 Å². The van der Waals surface area contributed by atoms with E-state index in [1.807, 2.05) is 113 Å². The lowest BCUT2D eigenvalue weighted by Gasteiger charge is -2.45. The van der Waals surface area contributed by atoms with E-state index in [2.05, 4.69) is 15.2 Å². The maximum Gasteiger partial charge on any atom is 0.282 e. The molecule has 1 saturated heterocycles. The summed E-state index contributed by atoms with van der Waals surface area (Å²) in [5.41, 5.74) is 2.18. The molecule has 0 aliphatic carbocycles. The predicted octanol–water partition coefficient (Wildman–Crippen LogP) is 8.84. The summed E-state index contributed by atoms with van der Waals surface area (Å²) in [6, 6.07) is 27.8. The van der Waals surface area contributed by atoms with Crippen molar-refractivity contribution in [3.63, 3.8) is 0 Å². The van der Waals surface area contributed by atoms with E-state index in [0.29, 0.717) is 31.6 Å². The topological polar surface area (TPSA) is 43.5 Å². The van der Waals surface area contributed by atoms with Crippen molar-refractivity contribution in [3.8, 4) is 0 Å². The van der Waals surface area contributed by atoms with Crippen molar-refractivity contribution in [1.29, 1.82) is 0 Å². The standard InChI is InChI=1S/C44H51F5N4OSi/c1-30-24-36-35-18-11-12-19-39(35)51-41(36)42(40-37(46)25-32(26-38(40)47)50-31-20-23-52(27-31)22-13-21-45)53(30)28-44(48,49)29-54-55(43(2,3)4,33-14-7-5-8-15-33)34-16-9-6-10-17-34/h5-12,14-19,25-26,30-31,42,50-51H,13,20-24,27-29H2,1-4H3/t30-,31+,42-/m1/s1. The summed E-state index contributed by atoms with van der Waals surface area (Å²) in [6.45, 7) is 7.97. The molecular formula is C44H51F5N4OSi. The second kappa shape index (κ2) is 15.8. The van der Waals surface area contributed by atoms with Crippen LogP contribution in [-0.2, 0) is 10.8 Å². The van der Waals surface area contributed by atoms with E-state index in [1.54, 1.807) is 4.90 Å². The zero-order valence-electron chi connectivity index (χ0n) is 32.0. The third-order valence-corrected chi connectivity index (χ3v) is 16.4. The Morgan fingerprint density at radius 2 is 1.51 bits per heavy atom. The summed E-state index contributed by atoms with van der Waals surface area (Å²) in [6.07, 6.45) is 1.63. The van der Waals surface area contributed by atoms with E-state index < -0.39 is 56.1 Å². The van der Waals surface area contributed by atoms with Crippen molar-refractivity contribution in [3.05, 3.63) is 126 Å². The van der Waals surface area contributed by atoms with Crippen LogP contribution in [-0.4, -0.2) is 80.6 Å². The van der Waals surface area contributed by atoms with E-state index in [9.17, 15) is 4.39 Å². The summed E-state index contributed by atoms with van der Waals surface area (Å²) >= 11 is 0. The Morgan fingerprint density at radius 3 is 2.13 bits per heavy atom. The van der Waals surface area contributed by atoms with Gasteiger partial charge in [0.05, 0.1) is 25.9 Å². The fraction of sp³-hybridized carbons (Fsp3) is 0.409. The molecule has 55 heavy (non-hydrogen) atoms. The highest BCUT2D eigenvalue weighted by Gasteiger charge is 2.52. The number of hydrogen-bond acceptors (Lipinski definition) is 4. The average Bonchev–Trinajstić information content (AvgIpc) is 3.76. The van der Waals surface area contributed by atoms with Crippen molar-refractivity contribution < 1.29 is 26.4 Å². The number of H-pyrrole nitrogens is 1. The molecule has 2 aliphatic rings. The first-order valence-electron chi connectivity index (χ1n) is 19.3. The quantitative estimate of drug-likeness (QED) is 0.0928. The number of aromatic nitrogens is 1. The SMILES string of the molecule is C[C@@H]1Cc2c([nH]c3ccccc23)[C@@H](c2c(F)cc(N[C@H]3CCN(CCCF)C3)cc2F)N1CC(F)(F)CO[Si](c1ccccc1)(c1ccccc1)C(C)(C)C. The van der Waals surface area contributed by atoms with Gasteiger partial charge in [-0.25, -0.2) is 17.6 Å². The van der Waals surface area contributed by atoms with Gasteiger partial charge in [0.2, 0.25) is 0 Å². The Labute approximate surface area is 322 Å². The summed E-state index contributed by atoms with van der Waals surface area (Å²) in [5.74, 6) is -5.01. The van der Waals surface area contributed by atoms with Gasteiger partial charge in [-0.15, -0.1) is 0 Å². The van der Waals surface area contributed by atoms with Gasteiger partial charge in [0, 0.05) is 59.6 Å². The van der Waals surface area contributed by atoms with Crippen LogP contribution >= 0.6 is 0 Å². The number of fused-ring (bicyclic) bond motifs is 3. The third kappa shape index (κ3) is 7.86. The number of para-hydroxylation sites is 1. The second-order valence-corrected chi connectivity index (χ2v) is 20.6. The van der Waals surface area contributed by atoms with E-state index in [0.717, 1.165) is 39.8 Å². The van der Waals surface area contributed by atoms with Gasteiger partial charge in [0.15, 0.2) is 0 Å². The summed E-state index contributed by atoms with van der Waals surface area (Å²) < 4.78 is 86.1. The van der Waals surface area contributed by atoms with Crippen LogP contribution in [0.25, 0.3) is 10.9 Å². The number of nitrogens with one attached hydrogen (secondary N) is 2. The van der Waals surface area contributed by atoms with E-state index in [1.165, 1.54) is 12.1 Å². The molecule has 3 atom stereocenters. The Kier molecular flexibility index (Phi) is 11.3. The van der Waals surface area contributed by atoms with Crippen molar-refractivity contribution in [2.75, 3.05) is 44.8 Å². The Hall–Kier alpha value is -4.03. The van der Waals surface area contributed by atoms with Crippen LogP contribution in [0.4, 0.5) is 27.6 Å². The number of rotatable bonds is 13. The van der Waals surface area contributed by atoms with Crippen molar-refractivity contribution in [1.82, 2.24) is 14.8 Å². The van der Waals surface area contributed by atoms with E-state index >= 15 is 17.6 Å². The first kappa shape index (κ1) is 39.2. The number of likely N-dealkylation sites (tertiary alicyclic amines) is 1. The number of benzene rings is 4. The number of alkyl halides is 3. The van der Waals surface area contributed by atoms with Crippen LogP contribution in [0.1, 0.15) is 63.4 Å². The molecule has 0 spiro atoms. The number of aromatic amines is 1. The largest absolute Gasteiger partial charge is 0.401 e. The van der Waals surface area contributed by atoms with Gasteiger partial charge < -0.3 is 19.6 Å². The molecule has 3 heterocycles. The minimum atomic E-state index is -3.39. The molecule has 0 bridgehead atoms. The first-order valence-corrected chi connectivity index (χ1v) is 21.2. The minimum absolute atomic E-state index is 0.0509. The van der Waals surface area contributed by atoms with Gasteiger partial charge >= 0.3 is 0 Å². The second-order valence-electron chi connectivity index (χ2n) is 16.3. The van der Waals surface area contributed by atoms with Crippen LogP contribution < -0.4 is 15.7 Å². The molecule has 292 valence electrons. The summed E-state index contributed by atoms with van der Waals surface area (Å²) in [5, 5.41) is 5.43. The van der Waals surface area contributed by atoms with Gasteiger partial charge in [-0.2, -0.15) is 0 Å². The normalized spacial score (nSPS) is 19.9. The predicted molar refractivity (Wildman–Crippen MR) is 214 cm³/mol. The molecule has 11 heteroatoms. The minimum Gasteiger partial charge on any atom is -0.401 e.